The molecule has 1 heterocycles. The van der Waals surface area contributed by atoms with E-state index in [0.717, 1.165) is 13.0 Å². The van der Waals surface area contributed by atoms with Crippen molar-refractivity contribution in [3.8, 4) is 0 Å². The Bertz CT molecular complexity index is 513. The molecular weight excluding hydrogens is 282 g/mol. The number of hydrogen-bond donors (Lipinski definition) is 2. The minimum atomic E-state index is -0.456. The lowest BCUT2D eigenvalue weighted by Gasteiger charge is -2.12. The van der Waals surface area contributed by atoms with E-state index in [1.54, 1.807) is 11.3 Å². The molecule has 0 saturated carbocycles. The van der Waals surface area contributed by atoms with Gasteiger partial charge in [-0.25, -0.2) is 0 Å². The Labute approximate surface area is 130 Å². The Hall–Kier alpha value is -1.20. The maximum Gasteiger partial charge on any atom is 0.0897 e. The van der Waals surface area contributed by atoms with Crippen molar-refractivity contribution >= 4 is 11.3 Å². The van der Waals surface area contributed by atoms with Gasteiger partial charge in [0, 0.05) is 11.4 Å². The first kappa shape index (κ1) is 16.2. The van der Waals surface area contributed by atoms with Gasteiger partial charge >= 0.3 is 0 Å². The molecule has 114 valence electrons. The van der Waals surface area contributed by atoms with Crippen LogP contribution in [0.1, 0.15) is 16.0 Å². The second kappa shape index (κ2) is 8.95. The van der Waals surface area contributed by atoms with Crippen LogP contribution >= 0.6 is 11.3 Å². The van der Waals surface area contributed by atoms with Crippen LogP contribution in [0.4, 0.5) is 0 Å². The molecule has 0 aliphatic carbocycles. The Balaban J connectivity index is 1.53. The van der Waals surface area contributed by atoms with Gasteiger partial charge in [0.25, 0.3) is 0 Å². The monoisotopic (exact) mass is 305 g/mol. The molecule has 1 atom stereocenters. The first-order valence-corrected chi connectivity index (χ1v) is 8.16. The number of benzene rings is 1. The van der Waals surface area contributed by atoms with Crippen molar-refractivity contribution < 1.29 is 9.84 Å². The first-order valence-electron chi connectivity index (χ1n) is 7.28. The number of hydrogen-bond acceptors (Lipinski definition) is 4. The second-order valence-corrected chi connectivity index (χ2v) is 6.22. The van der Waals surface area contributed by atoms with Gasteiger partial charge in [-0.3, -0.25) is 0 Å². The summed E-state index contributed by atoms with van der Waals surface area (Å²) in [6, 6.07) is 12.6. The molecule has 2 rings (SSSR count). The average Bonchev–Trinajstić information content (AvgIpc) is 2.97. The lowest BCUT2D eigenvalue weighted by atomic mass is 10.1. The van der Waals surface area contributed by atoms with Crippen molar-refractivity contribution in [2.24, 2.45) is 0 Å². The molecule has 21 heavy (non-hydrogen) atoms. The quantitative estimate of drug-likeness (QED) is 0.700. The van der Waals surface area contributed by atoms with E-state index < -0.39 is 6.10 Å². The SMILES string of the molecule is Cc1cccc(CCNCC(O)COCc2cccs2)c1. The third-order valence-electron chi connectivity index (χ3n) is 3.19. The van der Waals surface area contributed by atoms with Crippen LogP contribution in [0, 0.1) is 6.92 Å². The number of ether oxygens (including phenoxy) is 1. The van der Waals surface area contributed by atoms with E-state index in [1.165, 1.54) is 16.0 Å². The molecule has 4 heteroatoms. The third kappa shape index (κ3) is 6.40. The van der Waals surface area contributed by atoms with Gasteiger partial charge < -0.3 is 15.2 Å². The highest BCUT2D eigenvalue weighted by molar-refractivity contribution is 7.09. The van der Waals surface area contributed by atoms with Gasteiger partial charge in [0.1, 0.15) is 0 Å². The lowest BCUT2D eigenvalue weighted by molar-refractivity contribution is 0.0300. The summed E-state index contributed by atoms with van der Waals surface area (Å²) in [5.74, 6) is 0. The minimum Gasteiger partial charge on any atom is -0.389 e. The molecular formula is C17H23NO2S. The van der Waals surface area contributed by atoms with Gasteiger partial charge in [-0.15, -0.1) is 11.3 Å². The Morgan fingerprint density at radius 2 is 2.19 bits per heavy atom. The van der Waals surface area contributed by atoms with Crippen LogP contribution in [-0.2, 0) is 17.8 Å². The third-order valence-corrected chi connectivity index (χ3v) is 4.04. The summed E-state index contributed by atoms with van der Waals surface area (Å²) in [7, 11) is 0. The predicted molar refractivity (Wildman–Crippen MR) is 87.7 cm³/mol. The number of aliphatic hydroxyl groups excluding tert-OH is 1. The largest absolute Gasteiger partial charge is 0.389 e. The number of rotatable bonds is 9. The highest BCUT2D eigenvalue weighted by atomic mass is 32.1. The maximum atomic E-state index is 9.84. The Morgan fingerprint density at radius 1 is 1.29 bits per heavy atom. The molecule has 0 aliphatic heterocycles. The van der Waals surface area contributed by atoms with E-state index >= 15 is 0 Å². The Morgan fingerprint density at radius 3 is 2.95 bits per heavy atom. The zero-order valence-corrected chi connectivity index (χ0v) is 13.2. The summed E-state index contributed by atoms with van der Waals surface area (Å²) in [6.45, 7) is 4.49. The topological polar surface area (TPSA) is 41.5 Å². The molecule has 0 amide bonds. The van der Waals surface area contributed by atoms with Crippen LogP contribution in [0.25, 0.3) is 0 Å². The molecule has 0 bridgehead atoms. The van der Waals surface area contributed by atoms with E-state index in [-0.39, 0.29) is 0 Å². The number of thiophene rings is 1. The zero-order chi connectivity index (χ0) is 14.9. The fourth-order valence-corrected chi connectivity index (χ4v) is 2.76. The minimum absolute atomic E-state index is 0.370. The summed E-state index contributed by atoms with van der Waals surface area (Å²) in [5, 5.41) is 15.1. The van der Waals surface area contributed by atoms with E-state index in [2.05, 4.69) is 36.5 Å². The van der Waals surface area contributed by atoms with Crippen molar-refractivity contribution in [2.75, 3.05) is 19.7 Å². The van der Waals surface area contributed by atoms with Gasteiger partial charge in [0.2, 0.25) is 0 Å². The summed E-state index contributed by atoms with van der Waals surface area (Å²) in [4.78, 5) is 1.19. The van der Waals surface area contributed by atoms with Crippen LogP contribution in [0.15, 0.2) is 41.8 Å². The van der Waals surface area contributed by atoms with Crippen molar-refractivity contribution in [3.05, 3.63) is 57.8 Å². The van der Waals surface area contributed by atoms with Crippen molar-refractivity contribution in [2.45, 2.75) is 26.1 Å². The second-order valence-electron chi connectivity index (χ2n) is 5.19. The van der Waals surface area contributed by atoms with E-state index in [9.17, 15) is 5.11 Å². The molecule has 0 spiro atoms. The summed E-state index contributed by atoms with van der Waals surface area (Å²) < 4.78 is 5.49. The van der Waals surface area contributed by atoms with Gasteiger partial charge in [-0.05, 0) is 36.9 Å². The van der Waals surface area contributed by atoms with Gasteiger partial charge in [0.05, 0.1) is 19.3 Å². The fraction of sp³-hybridized carbons (Fsp3) is 0.412. The van der Waals surface area contributed by atoms with Crippen LogP contribution < -0.4 is 5.32 Å². The highest BCUT2D eigenvalue weighted by Gasteiger charge is 2.04. The maximum absolute atomic E-state index is 9.84. The molecule has 0 saturated heterocycles. The molecule has 2 N–H and O–H groups in total. The van der Waals surface area contributed by atoms with E-state index in [1.807, 2.05) is 17.5 Å². The number of aryl methyl sites for hydroxylation is 1. The summed E-state index contributed by atoms with van der Waals surface area (Å²) in [6.07, 6.45) is 0.521. The summed E-state index contributed by atoms with van der Waals surface area (Å²) >= 11 is 1.67. The van der Waals surface area contributed by atoms with Gasteiger partial charge in [-0.2, -0.15) is 0 Å². The first-order chi connectivity index (χ1) is 10.2. The predicted octanol–water partition coefficient (Wildman–Crippen LogP) is 2.77. The van der Waals surface area contributed by atoms with Crippen LogP contribution in [-0.4, -0.2) is 30.9 Å². The van der Waals surface area contributed by atoms with Gasteiger partial charge in [-0.1, -0.05) is 35.9 Å². The molecule has 0 aliphatic rings. The van der Waals surface area contributed by atoms with Gasteiger partial charge in [0.15, 0.2) is 0 Å². The van der Waals surface area contributed by atoms with Crippen LogP contribution in [0.5, 0.6) is 0 Å². The summed E-state index contributed by atoms with van der Waals surface area (Å²) in [5.41, 5.74) is 2.61. The average molecular weight is 305 g/mol. The zero-order valence-electron chi connectivity index (χ0n) is 12.4. The van der Waals surface area contributed by atoms with E-state index in [0.29, 0.717) is 19.8 Å². The van der Waals surface area contributed by atoms with Crippen molar-refractivity contribution in [3.63, 3.8) is 0 Å². The van der Waals surface area contributed by atoms with Crippen LogP contribution in [0.3, 0.4) is 0 Å². The van der Waals surface area contributed by atoms with Crippen LogP contribution in [0.2, 0.25) is 0 Å². The molecule has 0 radical (unpaired) electrons. The smallest absolute Gasteiger partial charge is 0.0897 e. The van der Waals surface area contributed by atoms with Crippen molar-refractivity contribution in [1.29, 1.82) is 0 Å². The Kier molecular flexibility index (Phi) is 6.89. The standard InChI is InChI=1S/C17H23NO2S/c1-14-4-2-5-15(10-14)7-8-18-11-16(19)12-20-13-17-6-3-9-21-17/h2-6,9-10,16,18-19H,7-8,11-13H2,1H3. The molecule has 1 aromatic heterocycles. The lowest BCUT2D eigenvalue weighted by Crippen LogP contribution is -2.31. The number of nitrogens with one attached hydrogen (secondary N) is 1. The molecule has 1 unspecified atom stereocenters. The number of aliphatic hydroxyl groups is 1. The van der Waals surface area contributed by atoms with Crippen molar-refractivity contribution in [1.82, 2.24) is 5.32 Å². The molecule has 1 aromatic carbocycles. The normalized spacial score (nSPS) is 12.5. The fourth-order valence-electron chi connectivity index (χ4n) is 2.12. The molecule has 2 aromatic rings. The van der Waals surface area contributed by atoms with E-state index in [4.69, 9.17) is 4.74 Å². The highest BCUT2D eigenvalue weighted by Crippen LogP contribution is 2.09. The molecule has 3 nitrogen and oxygen atoms in total. The molecule has 0 fully saturated rings.